The van der Waals surface area contributed by atoms with Gasteiger partial charge in [0.05, 0.1) is 22.9 Å². The fourth-order valence-corrected chi connectivity index (χ4v) is 8.50. The van der Waals surface area contributed by atoms with Gasteiger partial charge < -0.3 is 4.90 Å². The topological polar surface area (TPSA) is 95.1 Å². The molecule has 8 nitrogen and oxygen atoms in total. The molecule has 5 rings (SSSR count). The normalized spacial score (nSPS) is 26.2. The highest BCUT2D eigenvalue weighted by atomic mass is 32.2. The Balaban J connectivity index is 1.20. The molecule has 2 aliphatic heterocycles. The lowest BCUT2D eigenvalue weighted by atomic mass is 10.1. The molecule has 2 heterocycles. The quantitative estimate of drug-likeness (QED) is 0.593. The summed E-state index contributed by atoms with van der Waals surface area (Å²) in [6.07, 6.45) is 5.44. The van der Waals surface area contributed by atoms with Crippen molar-refractivity contribution in [3.05, 3.63) is 29.3 Å². The van der Waals surface area contributed by atoms with Gasteiger partial charge in [0.1, 0.15) is 0 Å². The molecule has 0 spiro atoms. The lowest BCUT2D eigenvalue weighted by Crippen LogP contribution is -2.53. The van der Waals surface area contributed by atoms with E-state index in [2.05, 4.69) is 0 Å². The molecule has 2 saturated heterocycles. The number of aryl methyl sites for hydroxylation is 2. The van der Waals surface area contributed by atoms with Crippen molar-refractivity contribution in [1.82, 2.24) is 14.1 Å². The number of rotatable bonds is 6. The van der Waals surface area contributed by atoms with Crippen LogP contribution in [0.15, 0.2) is 23.1 Å². The first-order valence-corrected chi connectivity index (χ1v) is 14.8. The van der Waals surface area contributed by atoms with Gasteiger partial charge in [0.2, 0.25) is 15.9 Å². The molecule has 10 heteroatoms. The van der Waals surface area contributed by atoms with Crippen molar-refractivity contribution in [1.29, 1.82) is 0 Å². The van der Waals surface area contributed by atoms with Crippen molar-refractivity contribution in [3.63, 3.8) is 0 Å². The minimum atomic E-state index is -3.54. The number of fused-ring (bicyclic) bond motifs is 1. The van der Waals surface area contributed by atoms with Gasteiger partial charge in [0, 0.05) is 38.3 Å². The van der Waals surface area contributed by atoms with Gasteiger partial charge in [0.15, 0.2) is 9.84 Å². The van der Waals surface area contributed by atoms with Crippen molar-refractivity contribution in [2.75, 3.05) is 44.2 Å². The molecule has 1 aromatic carbocycles. The largest absolute Gasteiger partial charge is 0.335 e. The van der Waals surface area contributed by atoms with E-state index in [0.29, 0.717) is 37.5 Å². The molecule has 1 saturated carbocycles. The van der Waals surface area contributed by atoms with Crippen molar-refractivity contribution in [2.45, 2.75) is 55.5 Å². The molecule has 0 aromatic heterocycles. The third-order valence-electron chi connectivity index (χ3n) is 7.23. The van der Waals surface area contributed by atoms with Gasteiger partial charge in [0.25, 0.3) is 0 Å². The molecule has 2 aliphatic carbocycles. The molecule has 1 aromatic rings. The second kappa shape index (κ2) is 8.38. The standard InChI is InChI=1S/C22H31N3O5S2/c26-22(25(19-5-6-19)20-8-13-31(27,28)16-20)15-23-9-11-24(12-10-23)32(29,30)21-7-4-17-2-1-3-18(17)14-21/h4,7,14,19-20H,1-3,5-6,8-13,15-16H2/t20-/m0/s1. The lowest BCUT2D eigenvalue weighted by molar-refractivity contribution is -0.135. The van der Waals surface area contributed by atoms with E-state index < -0.39 is 19.9 Å². The summed E-state index contributed by atoms with van der Waals surface area (Å²) in [5, 5.41) is 0. The Morgan fingerprint density at radius 1 is 1.00 bits per heavy atom. The second-order valence-corrected chi connectivity index (χ2v) is 13.7. The average molecular weight is 482 g/mol. The third-order valence-corrected chi connectivity index (χ3v) is 10.9. The average Bonchev–Trinajstić information content (AvgIpc) is 3.35. The van der Waals surface area contributed by atoms with Crippen LogP contribution in [0.5, 0.6) is 0 Å². The summed E-state index contributed by atoms with van der Waals surface area (Å²) >= 11 is 0. The van der Waals surface area contributed by atoms with Gasteiger partial charge >= 0.3 is 0 Å². The Labute approximate surface area is 190 Å². The maximum absolute atomic E-state index is 13.1. The fraction of sp³-hybridized carbons (Fsp3) is 0.682. The number of piperazine rings is 1. The van der Waals surface area contributed by atoms with Crippen LogP contribution in [0.1, 0.15) is 36.8 Å². The van der Waals surface area contributed by atoms with Crippen molar-refractivity contribution in [3.8, 4) is 0 Å². The molecule has 3 fully saturated rings. The first kappa shape index (κ1) is 22.3. The number of sulfonamides is 1. The van der Waals surface area contributed by atoms with Gasteiger partial charge in [-0.3, -0.25) is 9.69 Å². The summed E-state index contributed by atoms with van der Waals surface area (Å²) in [5.41, 5.74) is 2.40. The predicted molar refractivity (Wildman–Crippen MR) is 121 cm³/mol. The minimum absolute atomic E-state index is 0.0236. The zero-order valence-electron chi connectivity index (χ0n) is 18.3. The Hall–Kier alpha value is -1.49. The summed E-state index contributed by atoms with van der Waals surface area (Å²) in [6, 6.07) is 5.46. The molecule has 0 radical (unpaired) electrons. The molecule has 1 atom stereocenters. The molecule has 0 N–H and O–H groups in total. The SMILES string of the molecule is O=C(CN1CCN(S(=O)(=O)c2ccc3c(c2)CCC3)CC1)N(C1CC1)[C@H]1CCS(=O)(=O)C1. The number of sulfone groups is 1. The third kappa shape index (κ3) is 4.47. The van der Waals surface area contributed by atoms with Crippen LogP contribution in [0.25, 0.3) is 0 Å². The van der Waals surface area contributed by atoms with E-state index in [1.165, 1.54) is 9.87 Å². The summed E-state index contributed by atoms with van der Waals surface area (Å²) in [6.45, 7) is 1.93. The molecule has 32 heavy (non-hydrogen) atoms. The summed E-state index contributed by atoms with van der Waals surface area (Å²) in [7, 11) is -6.58. The van der Waals surface area contributed by atoms with Crippen LogP contribution in [0.2, 0.25) is 0 Å². The van der Waals surface area contributed by atoms with Crippen LogP contribution >= 0.6 is 0 Å². The number of hydrogen-bond donors (Lipinski definition) is 0. The number of amides is 1. The van der Waals surface area contributed by atoms with E-state index in [1.54, 1.807) is 6.07 Å². The summed E-state index contributed by atoms with van der Waals surface area (Å²) in [5.74, 6) is 0.208. The Bertz CT molecular complexity index is 1110. The van der Waals surface area contributed by atoms with Crippen LogP contribution in [0.3, 0.4) is 0 Å². The van der Waals surface area contributed by atoms with E-state index in [-0.39, 0.29) is 36.0 Å². The molecular weight excluding hydrogens is 450 g/mol. The van der Waals surface area contributed by atoms with Gasteiger partial charge in [-0.25, -0.2) is 16.8 Å². The van der Waals surface area contributed by atoms with Gasteiger partial charge in [-0.05, 0) is 61.8 Å². The van der Waals surface area contributed by atoms with E-state index in [1.807, 2.05) is 21.9 Å². The van der Waals surface area contributed by atoms with Gasteiger partial charge in [-0.1, -0.05) is 6.07 Å². The number of nitrogens with zero attached hydrogens (tertiary/aromatic N) is 3. The molecular formula is C22H31N3O5S2. The minimum Gasteiger partial charge on any atom is -0.335 e. The Morgan fingerprint density at radius 2 is 1.72 bits per heavy atom. The Kier molecular flexibility index (Phi) is 5.84. The van der Waals surface area contributed by atoms with E-state index >= 15 is 0 Å². The maximum atomic E-state index is 13.1. The molecule has 0 unspecified atom stereocenters. The number of carbonyl (C=O) groups excluding carboxylic acids is 1. The smallest absolute Gasteiger partial charge is 0.243 e. The van der Waals surface area contributed by atoms with E-state index in [4.69, 9.17) is 0 Å². The van der Waals surface area contributed by atoms with E-state index in [9.17, 15) is 21.6 Å². The number of carbonyl (C=O) groups is 1. The van der Waals surface area contributed by atoms with Gasteiger partial charge in [-0.15, -0.1) is 0 Å². The highest BCUT2D eigenvalue weighted by Gasteiger charge is 2.42. The fourth-order valence-electron chi connectivity index (χ4n) is 5.31. The first-order valence-electron chi connectivity index (χ1n) is 11.6. The number of hydrogen-bond acceptors (Lipinski definition) is 6. The van der Waals surface area contributed by atoms with E-state index in [0.717, 1.165) is 37.7 Å². The molecule has 176 valence electrons. The van der Waals surface area contributed by atoms with Gasteiger partial charge in [-0.2, -0.15) is 4.31 Å². The van der Waals surface area contributed by atoms with Crippen LogP contribution in [-0.4, -0.2) is 93.2 Å². The highest BCUT2D eigenvalue weighted by molar-refractivity contribution is 7.91. The second-order valence-electron chi connectivity index (χ2n) is 9.55. The zero-order chi connectivity index (χ0) is 22.5. The first-order chi connectivity index (χ1) is 15.2. The number of benzene rings is 1. The Morgan fingerprint density at radius 3 is 2.38 bits per heavy atom. The van der Waals surface area contributed by atoms with Crippen molar-refractivity contribution >= 4 is 25.8 Å². The molecule has 0 bridgehead atoms. The molecule has 4 aliphatic rings. The monoisotopic (exact) mass is 481 g/mol. The maximum Gasteiger partial charge on any atom is 0.243 e. The van der Waals surface area contributed by atoms with Crippen LogP contribution in [-0.2, 0) is 37.5 Å². The lowest BCUT2D eigenvalue weighted by Gasteiger charge is -2.36. The molecule has 1 amide bonds. The summed E-state index contributed by atoms with van der Waals surface area (Å²) in [4.78, 5) is 17.2. The van der Waals surface area contributed by atoms with Crippen LogP contribution < -0.4 is 0 Å². The zero-order valence-corrected chi connectivity index (χ0v) is 19.9. The highest BCUT2D eigenvalue weighted by Crippen LogP contribution is 2.32. The van der Waals surface area contributed by atoms with Crippen LogP contribution in [0, 0.1) is 0 Å². The summed E-state index contributed by atoms with van der Waals surface area (Å²) < 4.78 is 51.6. The van der Waals surface area contributed by atoms with Crippen LogP contribution in [0.4, 0.5) is 0 Å². The van der Waals surface area contributed by atoms with Crippen molar-refractivity contribution in [2.24, 2.45) is 0 Å². The van der Waals surface area contributed by atoms with Crippen molar-refractivity contribution < 1.29 is 21.6 Å². The predicted octanol–water partition coefficient (Wildman–Crippen LogP) is 0.660.